The zero-order valence-corrected chi connectivity index (χ0v) is 30.7. The van der Waals surface area contributed by atoms with Gasteiger partial charge in [0.1, 0.15) is 58.4 Å². The van der Waals surface area contributed by atoms with Gasteiger partial charge in [-0.1, -0.05) is 43.7 Å². The van der Waals surface area contributed by atoms with E-state index in [1.165, 1.54) is 0 Å². The molecule has 3 nitrogen and oxygen atoms in total. The molecule has 0 aliphatic rings. The summed E-state index contributed by atoms with van der Waals surface area (Å²) in [5.74, 6) is -71.3. The van der Waals surface area contributed by atoms with E-state index in [9.17, 15) is 57.5 Å². The van der Waals surface area contributed by atoms with Crippen molar-refractivity contribution < 1.29 is 97.2 Å². The molecule has 0 saturated heterocycles. The Balaban J connectivity index is 0.000000345. The van der Waals surface area contributed by atoms with Crippen molar-refractivity contribution in [2.45, 2.75) is 26.3 Å². The fraction of sp³-hybridized carbons (Fsp3) is 0.103. The summed E-state index contributed by atoms with van der Waals surface area (Å²) in [6.07, 6.45) is 0.322. The largest absolute Gasteiger partial charge is 0.287 e. The summed E-state index contributed by atoms with van der Waals surface area (Å²) in [5.41, 5.74) is -12.6. The summed E-state index contributed by atoms with van der Waals surface area (Å²) in [5, 5.41) is 0. The van der Waals surface area contributed by atoms with Crippen LogP contribution in [0.5, 0.6) is 0 Å². The van der Waals surface area contributed by atoms with Crippen LogP contribution in [0.3, 0.4) is 0 Å². The average Bonchev–Trinajstić information content (AvgIpc) is 3.27. The van der Waals surface area contributed by atoms with Crippen LogP contribution >= 0.6 is 0 Å². The predicted molar refractivity (Wildman–Crippen MR) is 178 cm³/mol. The van der Waals surface area contributed by atoms with Crippen molar-refractivity contribution in [1.82, 2.24) is 4.98 Å². The van der Waals surface area contributed by atoms with Crippen molar-refractivity contribution >= 4 is 33.8 Å². The second kappa shape index (κ2) is 18.1. The van der Waals surface area contributed by atoms with Gasteiger partial charge in [-0.05, 0) is 6.42 Å². The minimum absolute atomic E-state index is 0.120. The van der Waals surface area contributed by atoms with Gasteiger partial charge in [-0.15, -0.1) is 21.9 Å². The molecule has 0 unspecified atom stereocenters. The van der Waals surface area contributed by atoms with Crippen molar-refractivity contribution in [3.8, 4) is 0 Å². The Morgan fingerprint density at radius 1 is 0.460 bits per heavy atom. The van der Waals surface area contributed by atoms with E-state index in [0.717, 1.165) is 24.1 Å². The molecule has 0 bridgehead atoms. The Morgan fingerprint density at radius 2 is 0.746 bits per heavy atom. The van der Waals surface area contributed by atoms with Crippen LogP contribution in [0.2, 0.25) is 0 Å². The third-order valence-electron chi connectivity index (χ3n) is 9.45. The highest BCUT2D eigenvalue weighted by Gasteiger charge is 2.52. The Morgan fingerprint density at radius 3 is 1.03 bits per heavy atom. The average molecular weight is 920 g/mol. The second-order valence-electron chi connectivity index (χ2n) is 13.1. The van der Waals surface area contributed by atoms with Gasteiger partial charge in [0.2, 0.25) is 12.3 Å². The lowest BCUT2D eigenvalue weighted by Gasteiger charge is -2.44. The van der Waals surface area contributed by atoms with Gasteiger partial charge < -0.3 is 0 Å². The summed E-state index contributed by atoms with van der Waals surface area (Å²) in [4.78, 5) is 16.3. The van der Waals surface area contributed by atoms with Crippen LogP contribution in [0.1, 0.15) is 29.4 Å². The maximum Gasteiger partial charge on any atom is 0.227 e. The SMILES string of the molecule is CCCc1c[n+](CC(=O)c2ccccc2)ccn1.Fc1c(F)c(F)c([B-](c2c(F)c(F)c(F)c(F)c2F)(c2c(F)c(F)c(F)c(F)c2F)c2c(F)c(F)c(F)c(F)c2F)c(F)c1F. The molecule has 332 valence electrons. The Labute approximate surface area is 338 Å². The highest BCUT2D eigenvalue weighted by atomic mass is 19.2. The number of nitrogens with zero attached hydrogens (tertiary/aromatic N) is 2. The monoisotopic (exact) mass is 920 g/mol. The van der Waals surface area contributed by atoms with Crippen LogP contribution in [-0.2, 0) is 13.0 Å². The first kappa shape index (κ1) is 47.6. The normalized spacial score (nSPS) is 11.5. The molecule has 0 N–H and O–H groups in total. The van der Waals surface area contributed by atoms with E-state index >= 15 is 35.1 Å². The first-order valence-electron chi connectivity index (χ1n) is 17.1. The van der Waals surface area contributed by atoms with Gasteiger partial charge >= 0.3 is 0 Å². The van der Waals surface area contributed by atoms with Crippen molar-refractivity contribution in [1.29, 1.82) is 0 Å². The van der Waals surface area contributed by atoms with E-state index in [1.807, 2.05) is 47.3 Å². The van der Waals surface area contributed by atoms with E-state index in [-0.39, 0.29) is 5.78 Å². The number of carbonyl (C=O) groups excluding carboxylic acids is 1. The summed E-state index contributed by atoms with van der Waals surface area (Å²) in [7, 11) is 0. The number of carbonyl (C=O) groups is 1. The van der Waals surface area contributed by atoms with Crippen molar-refractivity contribution in [2.24, 2.45) is 0 Å². The summed E-state index contributed by atoms with van der Waals surface area (Å²) in [6.45, 7) is 2.48. The minimum atomic E-state index is -7.22. The van der Waals surface area contributed by atoms with E-state index in [1.54, 1.807) is 6.20 Å². The molecule has 6 rings (SSSR count). The Hall–Kier alpha value is -6.49. The smallest absolute Gasteiger partial charge is 0.227 e. The quantitative estimate of drug-likeness (QED) is 0.0368. The number of aryl methyl sites for hydroxylation is 1. The van der Waals surface area contributed by atoms with Crippen molar-refractivity contribution in [3.63, 3.8) is 0 Å². The van der Waals surface area contributed by atoms with Crippen molar-refractivity contribution in [2.75, 3.05) is 0 Å². The zero-order chi connectivity index (χ0) is 47.2. The lowest BCUT2D eigenvalue weighted by molar-refractivity contribution is -0.684. The number of Topliss-reactive ketones (excluding diaryl/α,β-unsaturated/α-hetero) is 1. The molecule has 5 aromatic carbocycles. The standard InChI is InChI=1S/C24BF20.C15H17N2O/c26-5-1(6(27)14(35)21(42)13(5)34)25(2-7(28)15(36)22(43)16(37)8(2)29,3-9(30)17(38)23(44)18(39)10(3)31)4-11(32)19(40)24(45)20(41)12(4)33;1-2-6-14-11-17(10-9-16-14)12-15(18)13-7-4-3-5-8-13/h;3-5,7-11H,2,6,12H2,1H3/q-1;+1. The van der Waals surface area contributed by atoms with Crippen LogP contribution in [0.15, 0.2) is 48.9 Å². The lowest BCUT2D eigenvalue weighted by atomic mass is 9.12. The summed E-state index contributed by atoms with van der Waals surface area (Å²) < 4.78 is 296. The molecular formula is C39H17BF20N2O. The number of hydrogen-bond acceptors (Lipinski definition) is 2. The molecular weight excluding hydrogens is 903 g/mol. The molecule has 0 aliphatic carbocycles. The number of ketones is 1. The first-order chi connectivity index (χ1) is 29.5. The predicted octanol–water partition coefficient (Wildman–Crippen LogP) is 8.05. The highest BCUT2D eigenvalue weighted by molar-refractivity contribution is 7.20. The third-order valence-corrected chi connectivity index (χ3v) is 9.45. The molecule has 0 aliphatic heterocycles. The van der Waals surface area contributed by atoms with Gasteiger partial charge in [-0.3, -0.25) is 4.79 Å². The van der Waals surface area contributed by atoms with E-state index in [4.69, 9.17) is 0 Å². The minimum Gasteiger partial charge on any atom is -0.287 e. The Bertz CT molecular complexity index is 2420. The number of benzene rings is 5. The number of rotatable bonds is 9. The molecule has 0 saturated carbocycles. The van der Waals surface area contributed by atoms with Gasteiger partial charge in [0.05, 0.1) is 6.20 Å². The van der Waals surface area contributed by atoms with E-state index in [2.05, 4.69) is 11.9 Å². The summed E-state index contributed by atoms with van der Waals surface area (Å²) >= 11 is 0. The molecule has 6 aromatic rings. The Kier molecular flexibility index (Phi) is 13.7. The van der Waals surface area contributed by atoms with Gasteiger partial charge in [0.25, 0.3) is 0 Å². The molecule has 1 heterocycles. The molecule has 63 heavy (non-hydrogen) atoms. The maximum atomic E-state index is 15.4. The van der Waals surface area contributed by atoms with Crippen molar-refractivity contribution in [3.05, 3.63) is 177 Å². The maximum absolute atomic E-state index is 15.4. The lowest BCUT2D eigenvalue weighted by Crippen LogP contribution is -2.81. The molecule has 0 atom stereocenters. The third kappa shape index (κ3) is 7.83. The molecule has 0 amide bonds. The van der Waals surface area contributed by atoms with Gasteiger partial charge in [0.15, 0.2) is 82.2 Å². The van der Waals surface area contributed by atoms with E-state index < -0.39 is 144 Å². The van der Waals surface area contributed by atoms with Gasteiger partial charge in [-0.2, -0.15) is 4.57 Å². The van der Waals surface area contributed by atoms with E-state index in [0.29, 0.717) is 6.54 Å². The van der Waals surface area contributed by atoms with Crippen LogP contribution < -0.4 is 26.4 Å². The van der Waals surface area contributed by atoms with Crippen LogP contribution in [0, 0.1) is 116 Å². The van der Waals surface area contributed by atoms with Gasteiger partial charge in [0, 0.05) is 5.56 Å². The molecule has 0 fully saturated rings. The van der Waals surface area contributed by atoms with Crippen LogP contribution in [-0.4, -0.2) is 16.9 Å². The summed E-state index contributed by atoms with van der Waals surface area (Å²) in [6, 6.07) is 9.36. The van der Waals surface area contributed by atoms with Gasteiger partial charge in [-0.25, -0.2) is 92.8 Å². The zero-order valence-electron chi connectivity index (χ0n) is 30.7. The number of halogens is 20. The highest BCUT2D eigenvalue weighted by Crippen LogP contribution is 2.30. The number of hydrogen-bond donors (Lipinski definition) is 0. The molecule has 1 aromatic heterocycles. The molecule has 24 heteroatoms. The topological polar surface area (TPSA) is 33.8 Å². The fourth-order valence-electron chi connectivity index (χ4n) is 6.72. The first-order valence-corrected chi connectivity index (χ1v) is 17.1. The second-order valence-corrected chi connectivity index (χ2v) is 13.1. The molecule has 0 spiro atoms. The number of aromatic nitrogens is 2. The van der Waals surface area contributed by atoms with Crippen LogP contribution in [0.25, 0.3) is 0 Å². The molecule has 0 radical (unpaired) electrons. The van der Waals surface area contributed by atoms with Crippen LogP contribution in [0.4, 0.5) is 87.8 Å². The fourth-order valence-corrected chi connectivity index (χ4v) is 6.72.